The predicted molar refractivity (Wildman–Crippen MR) is 65.3 cm³/mol. The van der Waals surface area contributed by atoms with Crippen molar-refractivity contribution < 1.29 is 19.6 Å². The van der Waals surface area contributed by atoms with E-state index in [0.29, 0.717) is 0 Å². The molecular formula is C11H10ClNO5. The van der Waals surface area contributed by atoms with Crippen molar-refractivity contribution in [1.82, 2.24) is 0 Å². The fourth-order valence-electron chi connectivity index (χ4n) is 1.45. The molecule has 0 aliphatic carbocycles. The quantitative estimate of drug-likeness (QED) is 0.300. The summed E-state index contributed by atoms with van der Waals surface area (Å²) in [6, 6.07) is 3.95. The number of nitro groups is 1. The van der Waals surface area contributed by atoms with Crippen LogP contribution < -0.4 is 0 Å². The zero-order chi connectivity index (χ0) is 13.9. The highest BCUT2D eigenvalue weighted by Crippen LogP contribution is 2.34. The maximum absolute atomic E-state index is 11.6. The van der Waals surface area contributed by atoms with Gasteiger partial charge in [-0.3, -0.25) is 10.1 Å². The minimum absolute atomic E-state index is 0.0157. The van der Waals surface area contributed by atoms with E-state index in [-0.39, 0.29) is 21.8 Å². The summed E-state index contributed by atoms with van der Waals surface area (Å²) in [6.07, 6.45) is 0. The number of rotatable bonds is 3. The minimum atomic E-state index is -0.897. The van der Waals surface area contributed by atoms with E-state index in [2.05, 4.69) is 4.74 Å². The molecule has 0 heterocycles. The molecule has 1 aromatic carbocycles. The zero-order valence-electron chi connectivity index (χ0n) is 9.64. The van der Waals surface area contributed by atoms with Gasteiger partial charge >= 0.3 is 5.97 Å². The van der Waals surface area contributed by atoms with Gasteiger partial charge in [0, 0.05) is 6.07 Å². The van der Waals surface area contributed by atoms with Crippen molar-refractivity contribution >= 4 is 28.8 Å². The van der Waals surface area contributed by atoms with Gasteiger partial charge in [-0.15, -0.1) is 0 Å². The molecule has 7 heteroatoms. The third-order valence-electron chi connectivity index (χ3n) is 2.19. The third-order valence-corrected chi connectivity index (χ3v) is 2.50. The number of aliphatic hydroxyl groups is 1. The number of ether oxygens (including phenoxy) is 1. The Bertz CT molecular complexity index is 534. The summed E-state index contributed by atoms with van der Waals surface area (Å²) in [5, 5.41) is 20.4. The first-order valence-corrected chi connectivity index (χ1v) is 5.19. The molecule has 0 aliphatic heterocycles. The van der Waals surface area contributed by atoms with Crippen LogP contribution in [0.25, 0.3) is 5.57 Å². The maximum Gasteiger partial charge on any atom is 0.342 e. The summed E-state index contributed by atoms with van der Waals surface area (Å²) < 4.78 is 4.48. The van der Waals surface area contributed by atoms with Gasteiger partial charge < -0.3 is 9.84 Å². The van der Waals surface area contributed by atoms with Crippen molar-refractivity contribution in [1.29, 1.82) is 0 Å². The highest BCUT2D eigenvalue weighted by Gasteiger charge is 2.27. The number of carbonyl (C=O) groups excluding carboxylic acids is 1. The molecule has 0 atom stereocenters. The van der Waals surface area contributed by atoms with Crippen LogP contribution in [0, 0.1) is 10.1 Å². The fraction of sp³-hybridized carbons (Fsp3) is 0.182. The lowest BCUT2D eigenvalue weighted by Crippen LogP contribution is -2.09. The van der Waals surface area contributed by atoms with Crippen molar-refractivity contribution in [3.05, 3.63) is 44.7 Å². The lowest BCUT2D eigenvalue weighted by Gasteiger charge is -2.09. The summed E-state index contributed by atoms with van der Waals surface area (Å²) in [6.45, 7) is 1.22. The Labute approximate surface area is 108 Å². The predicted octanol–water partition coefficient (Wildman–Crippen LogP) is 2.71. The second-order valence-electron chi connectivity index (χ2n) is 3.34. The van der Waals surface area contributed by atoms with Gasteiger partial charge in [0.2, 0.25) is 0 Å². The van der Waals surface area contributed by atoms with Crippen LogP contribution in [0.3, 0.4) is 0 Å². The summed E-state index contributed by atoms with van der Waals surface area (Å²) in [5.41, 5.74) is -0.859. The van der Waals surface area contributed by atoms with E-state index in [1.165, 1.54) is 25.1 Å². The second-order valence-corrected chi connectivity index (χ2v) is 3.75. The molecule has 0 radical (unpaired) electrons. The molecule has 0 saturated carbocycles. The van der Waals surface area contributed by atoms with E-state index >= 15 is 0 Å². The Morgan fingerprint density at radius 1 is 1.50 bits per heavy atom. The van der Waals surface area contributed by atoms with Gasteiger partial charge in [0.25, 0.3) is 5.69 Å². The molecule has 0 aromatic heterocycles. The highest BCUT2D eigenvalue weighted by atomic mass is 35.5. The van der Waals surface area contributed by atoms with Crippen LogP contribution in [-0.4, -0.2) is 23.1 Å². The molecule has 1 aromatic rings. The van der Waals surface area contributed by atoms with Crippen LogP contribution in [0.4, 0.5) is 5.69 Å². The molecule has 0 aliphatic rings. The monoisotopic (exact) mass is 271 g/mol. The smallest absolute Gasteiger partial charge is 0.342 e. The van der Waals surface area contributed by atoms with Crippen molar-refractivity contribution in [2.24, 2.45) is 0 Å². The first-order chi connectivity index (χ1) is 8.40. The molecule has 0 fully saturated rings. The molecule has 0 bridgehead atoms. The molecule has 96 valence electrons. The number of benzene rings is 1. The number of esters is 1. The van der Waals surface area contributed by atoms with Crippen molar-refractivity contribution in [2.75, 3.05) is 7.11 Å². The van der Waals surface area contributed by atoms with Gasteiger partial charge in [-0.2, -0.15) is 0 Å². The van der Waals surface area contributed by atoms with Crippen LogP contribution in [0.5, 0.6) is 0 Å². The Morgan fingerprint density at radius 2 is 2.11 bits per heavy atom. The minimum Gasteiger partial charge on any atom is -0.512 e. The van der Waals surface area contributed by atoms with Gasteiger partial charge in [-0.1, -0.05) is 17.7 Å². The number of methoxy groups -OCH3 is 1. The number of hydrogen-bond acceptors (Lipinski definition) is 5. The normalized spacial score (nSPS) is 11.7. The summed E-state index contributed by atoms with van der Waals surface area (Å²) in [4.78, 5) is 21.8. The summed E-state index contributed by atoms with van der Waals surface area (Å²) in [5.74, 6) is -1.30. The van der Waals surface area contributed by atoms with Crippen molar-refractivity contribution in [3.63, 3.8) is 0 Å². The van der Waals surface area contributed by atoms with Gasteiger partial charge in [0.05, 0.1) is 22.6 Å². The fourth-order valence-corrected chi connectivity index (χ4v) is 1.71. The topological polar surface area (TPSA) is 89.7 Å². The number of aliphatic hydroxyl groups excluding tert-OH is 1. The Kier molecular flexibility index (Phi) is 4.28. The van der Waals surface area contributed by atoms with E-state index in [1.54, 1.807) is 0 Å². The molecule has 1 N–H and O–H groups in total. The second kappa shape index (κ2) is 5.50. The van der Waals surface area contributed by atoms with Crippen molar-refractivity contribution in [2.45, 2.75) is 6.92 Å². The number of nitro benzene ring substituents is 1. The molecule has 1 rings (SSSR count). The van der Waals surface area contributed by atoms with E-state index in [4.69, 9.17) is 11.6 Å². The first-order valence-electron chi connectivity index (χ1n) is 4.81. The molecular weight excluding hydrogens is 262 g/mol. The van der Waals surface area contributed by atoms with Crippen LogP contribution in [0.1, 0.15) is 12.5 Å². The number of carbonyl (C=O) groups is 1. The van der Waals surface area contributed by atoms with E-state index in [0.717, 1.165) is 7.11 Å². The van der Waals surface area contributed by atoms with Gasteiger partial charge in [0.15, 0.2) is 0 Å². The Morgan fingerprint density at radius 3 is 2.56 bits per heavy atom. The summed E-state index contributed by atoms with van der Waals surface area (Å²) >= 11 is 5.86. The number of hydrogen-bond donors (Lipinski definition) is 1. The zero-order valence-corrected chi connectivity index (χ0v) is 10.4. The molecule has 18 heavy (non-hydrogen) atoms. The third kappa shape index (κ3) is 2.60. The average Bonchev–Trinajstić information content (AvgIpc) is 2.30. The van der Waals surface area contributed by atoms with Gasteiger partial charge in [0.1, 0.15) is 11.3 Å². The standard InChI is InChI=1S/C11H10ClNO5/c1-6(14)9(11(15)18-2)10-7(12)4-3-5-8(10)13(16)17/h3-5,14H,1-2H3/b9-6-. The molecule has 0 saturated heterocycles. The van der Waals surface area contributed by atoms with E-state index < -0.39 is 16.7 Å². The van der Waals surface area contributed by atoms with E-state index in [1.807, 2.05) is 0 Å². The van der Waals surface area contributed by atoms with Crippen LogP contribution >= 0.6 is 11.6 Å². The largest absolute Gasteiger partial charge is 0.512 e. The van der Waals surface area contributed by atoms with Crippen molar-refractivity contribution in [3.8, 4) is 0 Å². The number of nitrogens with zero attached hydrogens (tertiary/aromatic N) is 1. The molecule has 0 spiro atoms. The lowest BCUT2D eigenvalue weighted by molar-refractivity contribution is -0.385. The molecule has 0 amide bonds. The van der Waals surface area contributed by atoms with Crippen LogP contribution in [-0.2, 0) is 9.53 Å². The lowest BCUT2D eigenvalue weighted by atomic mass is 10.0. The first kappa shape index (κ1) is 14.0. The summed E-state index contributed by atoms with van der Waals surface area (Å²) in [7, 11) is 1.11. The SMILES string of the molecule is COC(=O)/C(=C(/C)O)c1c(Cl)cccc1[N+](=O)[O-]. The van der Waals surface area contributed by atoms with Crippen LogP contribution in [0.2, 0.25) is 5.02 Å². The van der Waals surface area contributed by atoms with E-state index in [9.17, 15) is 20.0 Å². The van der Waals surface area contributed by atoms with Gasteiger partial charge in [-0.05, 0) is 13.0 Å². The average molecular weight is 272 g/mol. The number of halogens is 1. The highest BCUT2D eigenvalue weighted by molar-refractivity contribution is 6.35. The maximum atomic E-state index is 11.6. The Balaban J connectivity index is 3.62. The molecule has 0 unspecified atom stereocenters. The Hall–Kier alpha value is -2.08. The molecule has 6 nitrogen and oxygen atoms in total. The van der Waals surface area contributed by atoms with Gasteiger partial charge in [-0.25, -0.2) is 4.79 Å². The number of allylic oxidation sites excluding steroid dienone is 1. The van der Waals surface area contributed by atoms with Crippen LogP contribution in [0.15, 0.2) is 24.0 Å².